The predicted molar refractivity (Wildman–Crippen MR) is 88.8 cm³/mol. The Bertz CT molecular complexity index is 588. The molecule has 1 aromatic heterocycles. The number of amides is 3. The number of carbonyl (C=O) groups excluding carboxylic acids is 3. The lowest BCUT2D eigenvalue weighted by Crippen LogP contribution is -2.47. The maximum absolute atomic E-state index is 12.2. The molecule has 9 heteroatoms. The second-order valence-electron chi connectivity index (χ2n) is 5.10. The van der Waals surface area contributed by atoms with Gasteiger partial charge in [0.1, 0.15) is 6.04 Å². The Morgan fingerprint density at radius 3 is 2.50 bits per heavy atom. The van der Waals surface area contributed by atoms with E-state index in [2.05, 4.69) is 10.6 Å². The summed E-state index contributed by atoms with van der Waals surface area (Å²) in [5.74, 6) is -2.07. The van der Waals surface area contributed by atoms with E-state index in [1.54, 1.807) is 16.8 Å². The molecule has 0 saturated heterocycles. The zero-order valence-corrected chi connectivity index (χ0v) is 14.4. The minimum atomic E-state index is -1.13. The van der Waals surface area contributed by atoms with Gasteiger partial charge in [0.2, 0.25) is 11.8 Å². The molecule has 3 N–H and O–H groups in total. The monoisotopic (exact) mass is 355 g/mol. The Labute approximate surface area is 143 Å². The summed E-state index contributed by atoms with van der Waals surface area (Å²) < 4.78 is 0. The van der Waals surface area contributed by atoms with Crippen molar-refractivity contribution in [2.24, 2.45) is 0 Å². The molecule has 1 atom stereocenters. The quantitative estimate of drug-likeness (QED) is 0.589. The minimum Gasteiger partial charge on any atom is -0.480 e. The molecule has 0 spiro atoms. The summed E-state index contributed by atoms with van der Waals surface area (Å²) in [6, 6.07) is 0.660. The van der Waals surface area contributed by atoms with Crippen molar-refractivity contribution in [3.05, 3.63) is 22.4 Å². The van der Waals surface area contributed by atoms with Gasteiger partial charge in [-0.05, 0) is 18.4 Å². The molecule has 1 aromatic rings. The van der Waals surface area contributed by atoms with E-state index in [9.17, 15) is 19.2 Å². The Hall–Kier alpha value is -2.42. The molecular formula is C15H21N3O5S. The molecule has 0 aliphatic heterocycles. The highest BCUT2D eigenvalue weighted by atomic mass is 32.1. The number of carboxylic acids is 1. The number of hydrogen-bond donors (Lipinski definition) is 3. The maximum Gasteiger partial charge on any atom is 0.326 e. The van der Waals surface area contributed by atoms with E-state index in [4.69, 9.17) is 5.11 Å². The van der Waals surface area contributed by atoms with E-state index in [0.717, 1.165) is 0 Å². The van der Waals surface area contributed by atoms with Gasteiger partial charge >= 0.3 is 5.97 Å². The molecule has 0 fully saturated rings. The molecule has 1 rings (SSSR count). The van der Waals surface area contributed by atoms with Crippen LogP contribution in [0.3, 0.4) is 0 Å². The van der Waals surface area contributed by atoms with Gasteiger partial charge < -0.3 is 20.6 Å². The molecule has 0 aliphatic carbocycles. The van der Waals surface area contributed by atoms with Gasteiger partial charge in [0.15, 0.2) is 0 Å². The Kier molecular flexibility index (Phi) is 7.90. The topological polar surface area (TPSA) is 116 Å². The SMILES string of the molecule is CC(=O)NCCN(C(=O)CCNC(=O)c1ccsc1)C(C)C(=O)O. The second kappa shape index (κ2) is 9.66. The highest BCUT2D eigenvalue weighted by Gasteiger charge is 2.25. The number of nitrogens with zero attached hydrogens (tertiary/aromatic N) is 1. The molecule has 0 aromatic carbocycles. The van der Waals surface area contributed by atoms with Crippen LogP contribution in [0.1, 0.15) is 30.6 Å². The van der Waals surface area contributed by atoms with E-state index < -0.39 is 17.9 Å². The number of hydrogen-bond acceptors (Lipinski definition) is 5. The summed E-state index contributed by atoms with van der Waals surface area (Å²) in [4.78, 5) is 47.2. The van der Waals surface area contributed by atoms with E-state index in [1.165, 1.54) is 30.1 Å². The van der Waals surface area contributed by atoms with Gasteiger partial charge in [0, 0.05) is 43.9 Å². The van der Waals surface area contributed by atoms with Crippen LogP contribution in [0.5, 0.6) is 0 Å². The average Bonchev–Trinajstić information content (AvgIpc) is 3.04. The summed E-state index contributed by atoms with van der Waals surface area (Å²) >= 11 is 1.40. The molecule has 0 aliphatic rings. The number of nitrogens with one attached hydrogen (secondary N) is 2. The third kappa shape index (κ3) is 6.37. The smallest absolute Gasteiger partial charge is 0.326 e. The van der Waals surface area contributed by atoms with Gasteiger partial charge in [-0.1, -0.05) is 0 Å². The highest BCUT2D eigenvalue weighted by molar-refractivity contribution is 7.08. The van der Waals surface area contributed by atoms with Crippen molar-refractivity contribution < 1.29 is 24.3 Å². The first-order valence-corrected chi connectivity index (χ1v) is 8.34. The zero-order valence-electron chi connectivity index (χ0n) is 13.6. The van der Waals surface area contributed by atoms with Crippen molar-refractivity contribution in [1.29, 1.82) is 0 Å². The second-order valence-corrected chi connectivity index (χ2v) is 5.88. The van der Waals surface area contributed by atoms with Gasteiger partial charge in [0.25, 0.3) is 5.91 Å². The number of aliphatic carboxylic acids is 1. The van der Waals surface area contributed by atoms with Crippen LogP contribution in [0.4, 0.5) is 0 Å². The van der Waals surface area contributed by atoms with Crippen molar-refractivity contribution in [3.8, 4) is 0 Å². The molecule has 0 saturated carbocycles. The van der Waals surface area contributed by atoms with Gasteiger partial charge in [-0.3, -0.25) is 14.4 Å². The van der Waals surface area contributed by atoms with Gasteiger partial charge in [-0.2, -0.15) is 11.3 Å². The van der Waals surface area contributed by atoms with Crippen molar-refractivity contribution in [2.75, 3.05) is 19.6 Å². The molecule has 8 nitrogen and oxygen atoms in total. The number of rotatable bonds is 9. The lowest BCUT2D eigenvalue weighted by Gasteiger charge is -2.26. The van der Waals surface area contributed by atoms with Gasteiger partial charge in [0.05, 0.1) is 0 Å². The maximum atomic E-state index is 12.2. The molecule has 1 heterocycles. The van der Waals surface area contributed by atoms with E-state index >= 15 is 0 Å². The normalized spacial score (nSPS) is 11.4. The van der Waals surface area contributed by atoms with Crippen LogP contribution in [0.25, 0.3) is 0 Å². The summed E-state index contributed by atoms with van der Waals surface area (Å²) in [6.45, 7) is 3.10. The Morgan fingerprint density at radius 1 is 1.25 bits per heavy atom. The third-order valence-corrected chi connectivity index (χ3v) is 3.96. The highest BCUT2D eigenvalue weighted by Crippen LogP contribution is 2.06. The van der Waals surface area contributed by atoms with Crippen molar-refractivity contribution >= 4 is 35.0 Å². The van der Waals surface area contributed by atoms with Gasteiger partial charge in [-0.15, -0.1) is 0 Å². The molecule has 0 radical (unpaired) electrons. The van der Waals surface area contributed by atoms with Crippen molar-refractivity contribution in [1.82, 2.24) is 15.5 Å². The summed E-state index contributed by atoms with van der Waals surface area (Å²) in [7, 11) is 0. The van der Waals surface area contributed by atoms with E-state index in [-0.39, 0.29) is 37.9 Å². The third-order valence-electron chi connectivity index (χ3n) is 3.28. The standard InChI is InChI=1S/C15H21N3O5S/c1-10(15(22)23)18(7-6-16-11(2)19)13(20)3-5-17-14(21)12-4-8-24-9-12/h4,8-10H,3,5-7H2,1-2H3,(H,16,19)(H,17,21)(H,22,23). The van der Waals surface area contributed by atoms with Crippen LogP contribution in [-0.4, -0.2) is 59.4 Å². The minimum absolute atomic E-state index is 0.0203. The lowest BCUT2D eigenvalue weighted by atomic mass is 10.2. The molecule has 132 valence electrons. The van der Waals surface area contributed by atoms with Crippen LogP contribution < -0.4 is 10.6 Å². The van der Waals surface area contributed by atoms with Crippen LogP contribution in [-0.2, 0) is 14.4 Å². The number of carbonyl (C=O) groups is 4. The summed E-state index contributed by atoms with van der Waals surface area (Å²) in [5, 5.41) is 17.7. The van der Waals surface area contributed by atoms with Crippen LogP contribution in [0.15, 0.2) is 16.8 Å². The largest absolute Gasteiger partial charge is 0.480 e. The fourth-order valence-corrected chi connectivity index (χ4v) is 2.58. The van der Waals surface area contributed by atoms with Crippen LogP contribution in [0, 0.1) is 0 Å². The summed E-state index contributed by atoms with van der Waals surface area (Å²) in [5.41, 5.74) is 0.522. The molecular weight excluding hydrogens is 334 g/mol. The lowest BCUT2D eigenvalue weighted by molar-refractivity contribution is -0.149. The predicted octanol–water partition coefficient (Wildman–Crippen LogP) is 0.306. The Morgan fingerprint density at radius 2 is 1.96 bits per heavy atom. The first-order valence-electron chi connectivity index (χ1n) is 7.40. The van der Waals surface area contributed by atoms with Crippen molar-refractivity contribution in [3.63, 3.8) is 0 Å². The number of thiophene rings is 1. The fourth-order valence-electron chi connectivity index (χ4n) is 1.94. The van der Waals surface area contributed by atoms with Crippen molar-refractivity contribution in [2.45, 2.75) is 26.3 Å². The molecule has 1 unspecified atom stereocenters. The molecule has 3 amide bonds. The van der Waals surface area contributed by atoms with Crippen LogP contribution >= 0.6 is 11.3 Å². The fraction of sp³-hybridized carbons (Fsp3) is 0.467. The number of carboxylic acid groups (broad SMARTS) is 1. The van der Waals surface area contributed by atoms with E-state index in [1.807, 2.05) is 0 Å². The zero-order chi connectivity index (χ0) is 18.1. The Balaban J connectivity index is 2.52. The summed E-state index contributed by atoms with van der Waals surface area (Å²) in [6.07, 6.45) is -0.0203. The molecule has 24 heavy (non-hydrogen) atoms. The first-order chi connectivity index (χ1) is 11.3. The average molecular weight is 355 g/mol. The van der Waals surface area contributed by atoms with E-state index in [0.29, 0.717) is 5.56 Å². The molecule has 0 bridgehead atoms. The van der Waals surface area contributed by atoms with Crippen LogP contribution in [0.2, 0.25) is 0 Å². The van der Waals surface area contributed by atoms with Gasteiger partial charge in [-0.25, -0.2) is 4.79 Å². The first kappa shape index (κ1) is 19.6.